The molecule has 0 amide bonds. The average Bonchev–Trinajstić information content (AvgIpc) is 2.83. The van der Waals surface area contributed by atoms with Crippen molar-refractivity contribution in [3.05, 3.63) is 41.4 Å². The standard InChI is InChI=1S/C18H23N3O/c1-12-15-9-10-16(18(2,3)4)19-17(15)21(20-12)13-7-6-8-14(11-13)22-5/h7,9-11H,6,8H2,1-5H3. The molecule has 22 heavy (non-hydrogen) atoms. The summed E-state index contributed by atoms with van der Waals surface area (Å²) in [5.74, 6) is 0.991. The Morgan fingerprint density at radius 2 is 2.00 bits per heavy atom. The molecular formula is C18H23N3O. The van der Waals surface area contributed by atoms with Crippen LogP contribution in [0.15, 0.2) is 30.0 Å². The van der Waals surface area contributed by atoms with Gasteiger partial charge in [0.1, 0.15) is 0 Å². The lowest BCUT2D eigenvalue weighted by Gasteiger charge is -2.18. The van der Waals surface area contributed by atoms with Gasteiger partial charge in [0.05, 0.1) is 24.3 Å². The fraction of sp³-hybridized carbons (Fsp3) is 0.444. The first kappa shape index (κ1) is 14.8. The van der Waals surface area contributed by atoms with Crippen molar-refractivity contribution in [2.45, 2.75) is 46.0 Å². The molecule has 0 aromatic carbocycles. The van der Waals surface area contributed by atoms with Crippen molar-refractivity contribution in [3.63, 3.8) is 0 Å². The molecule has 2 aromatic heterocycles. The van der Waals surface area contributed by atoms with Crippen LogP contribution in [0.3, 0.4) is 0 Å². The second kappa shape index (κ2) is 5.27. The van der Waals surface area contributed by atoms with Crippen molar-refractivity contribution < 1.29 is 4.74 Å². The van der Waals surface area contributed by atoms with Gasteiger partial charge in [-0.3, -0.25) is 0 Å². The second-order valence-corrected chi connectivity index (χ2v) is 6.80. The Labute approximate surface area is 131 Å². The summed E-state index contributed by atoms with van der Waals surface area (Å²) >= 11 is 0. The van der Waals surface area contributed by atoms with E-state index in [1.165, 1.54) is 0 Å². The van der Waals surface area contributed by atoms with Crippen LogP contribution < -0.4 is 0 Å². The molecule has 4 heteroatoms. The normalized spacial score (nSPS) is 15.7. The molecule has 0 saturated carbocycles. The van der Waals surface area contributed by atoms with Gasteiger partial charge < -0.3 is 4.74 Å². The summed E-state index contributed by atoms with van der Waals surface area (Å²) in [4.78, 5) is 4.88. The summed E-state index contributed by atoms with van der Waals surface area (Å²) in [6, 6.07) is 4.24. The van der Waals surface area contributed by atoms with E-state index in [2.05, 4.69) is 45.1 Å². The van der Waals surface area contributed by atoms with Gasteiger partial charge in [0.25, 0.3) is 0 Å². The van der Waals surface area contributed by atoms with Gasteiger partial charge in [0.2, 0.25) is 0 Å². The highest BCUT2D eigenvalue weighted by molar-refractivity contribution is 5.82. The predicted octanol–water partition coefficient (Wildman–Crippen LogP) is 4.20. The Morgan fingerprint density at radius 1 is 1.23 bits per heavy atom. The van der Waals surface area contributed by atoms with Crippen molar-refractivity contribution in [1.29, 1.82) is 0 Å². The lowest BCUT2D eigenvalue weighted by molar-refractivity contribution is 0.276. The lowest BCUT2D eigenvalue weighted by atomic mass is 9.91. The number of fused-ring (bicyclic) bond motifs is 1. The quantitative estimate of drug-likeness (QED) is 0.834. The molecule has 0 fully saturated rings. The summed E-state index contributed by atoms with van der Waals surface area (Å²) in [6.07, 6.45) is 6.16. The maximum absolute atomic E-state index is 5.40. The molecule has 0 atom stereocenters. The van der Waals surface area contributed by atoms with Gasteiger partial charge in [-0.25, -0.2) is 9.67 Å². The first-order valence-electron chi connectivity index (χ1n) is 7.72. The van der Waals surface area contributed by atoms with Crippen LogP contribution in [0.4, 0.5) is 0 Å². The molecule has 0 aliphatic heterocycles. The van der Waals surface area contributed by atoms with E-state index in [-0.39, 0.29) is 5.41 Å². The molecule has 0 radical (unpaired) electrons. The van der Waals surface area contributed by atoms with Crippen molar-refractivity contribution in [3.8, 4) is 0 Å². The zero-order chi connectivity index (χ0) is 15.9. The third-order valence-corrected chi connectivity index (χ3v) is 4.04. The van der Waals surface area contributed by atoms with E-state index < -0.39 is 0 Å². The molecule has 1 aliphatic carbocycles. The van der Waals surface area contributed by atoms with Gasteiger partial charge in [-0.05, 0) is 25.5 Å². The molecule has 0 N–H and O–H groups in total. The van der Waals surface area contributed by atoms with Crippen LogP contribution in [0.2, 0.25) is 0 Å². The van der Waals surface area contributed by atoms with Crippen LogP contribution in [-0.2, 0) is 10.2 Å². The van der Waals surface area contributed by atoms with Gasteiger partial charge in [-0.2, -0.15) is 5.10 Å². The smallest absolute Gasteiger partial charge is 0.163 e. The van der Waals surface area contributed by atoms with Crippen LogP contribution in [0, 0.1) is 6.92 Å². The van der Waals surface area contributed by atoms with Gasteiger partial charge >= 0.3 is 0 Å². The van der Waals surface area contributed by atoms with Crippen LogP contribution in [0.25, 0.3) is 16.7 Å². The van der Waals surface area contributed by atoms with E-state index in [4.69, 9.17) is 14.8 Å². The van der Waals surface area contributed by atoms with Crippen LogP contribution in [0.5, 0.6) is 0 Å². The van der Waals surface area contributed by atoms with E-state index in [0.29, 0.717) is 0 Å². The number of methoxy groups -OCH3 is 1. The zero-order valence-electron chi connectivity index (χ0n) is 14.0. The molecule has 2 aromatic rings. The monoisotopic (exact) mass is 297 g/mol. The Kier molecular flexibility index (Phi) is 3.55. The first-order chi connectivity index (χ1) is 10.4. The highest BCUT2D eigenvalue weighted by atomic mass is 16.5. The van der Waals surface area contributed by atoms with Crippen molar-refractivity contribution >= 4 is 16.7 Å². The molecule has 0 saturated heterocycles. The van der Waals surface area contributed by atoms with E-state index >= 15 is 0 Å². The predicted molar refractivity (Wildman–Crippen MR) is 89.6 cm³/mol. The number of nitrogens with zero attached hydrogens (tertiary/aromatic N) is 3. The number of ether oxygens (including phenoxy) is 1. The van der Waals surface area contributed by atoms with Gasteiger partial charge in [-0.15, -0.1) is 0 Å². The van der Waals surface area contributed by atoms with Crippen molar-refractivity contribution in [2.75, 3.05) is 7.11 Å². The SMILES string of the molecule is COC1=CC(n2nc(C)c3ccc(C(C)(C)C)nc32)=CCC1. The highest BCUT2D eigenvalue weighted by Gasteiger charge is 2.19. The molecule has 2 heterocycles. The average molecular weight is 297 g/mol. The molecule has 116 valence electrons. The van der Waals surface area contributed by atoms with Gasteiger partial charge in [-0.1, -0.05) is 26.8 Å². The summed E-state index contributed by atoms with van der Waals surface area (Å²) in [5.41, 5.74) is 4.06. The third kappa shape index (κ3) is 2.54. The number of rotatable bonds is 2. The molecule has 0 spiro atoms. The van der Waals surface area contributed by atoms with Crippen LogP contribution in [0.1, 0.15) is 45.0 Å². The first-order valence-corrected chi connectivity index (χ1v) is 7.72. The van der Waals surface area contributed by atoms with Crippen LogP contribution in [-0.4, -0.2) is 21.9 Å². The largest absolute Gasteiger partial charge is 0.501 e. The van der Waals surface area contributed by atoms with Gasteiger partial charge in [0.15, 0.2) is 5.65 Å². The molecular weight excluding hydrogens is 274 g/mol. The number of aromatic nitrogens is 3. The van der Waals surface area contributed by atoms with E-state index in [0.717, 1.165) is 46.7 Å². The Balaban J connectivity index is 2.18. The maximum Gasteiger partial charge on any atom is 0.163 e. The van der Waals surface area contributed by atoms with Crippen molar-refractivity contribution in [1.82, 2.24) is 14.8 Å². The van der Waals surface area contributed by atoms with Gasteiger partial charge in [0, 0.05) is 29.0 Å². The third-order valence-electron chi connectivity index (χ3n) is 4.04. The summed E-state index contributed by atoms with van der Waals surface area (Å²) in [6.45, 7) is 8.56. The molecule has 1 aliphatic rings. The number of allylic oxidation sites excluding steroid dienone is 4. The topological polar surface area (TPSA) is 39.9 Å². The Morgan fingerprint density at radius 3 is 2.68 bits per heavy atom. The highest BCUT2D eigenvalue weighted by Crippen LogP contribution is 2.28. The van der Waals surface area contributed by atoms with Crippen molar-refractivity contribution in [2.24, 2.45) is 0 Å². The Hall–Kier alpha value is -2.10. The molecule has 3 rings (SSSR count). The zero-order valence-corrected chi connectivity index (χ0v) is 14.0. The fourth-order valence-corrected chi connectivity index (χ4v) is 2.71. The van der Waals surface area contributed by atoms with Crippen LogP contribution >= 0.6 is 0 Å². The summed E-state index contributed by atoms with van der Waals surface area (Å²) < 4.78 is 7.34. The van der Waals surface area contributed by atoms with E-state index in [9.17, 15) is 0 Å². The summed E-state index contributed by atoms with van der Waals surface area (Å²) in [5, 5.41) is 5.79. The minimum absolute atomic E-state index is 0.0195. The van der Waals surface area contributed by atoms with E-state index in [1.807, 2.05) is 11.6 Å². The number of hydrogen-bond donors (Lipinski definition) is 0. The minimum Gasteiger partial charge on any atom is -0.501 e. The second-order valence-electron chi connectivity index (χ2n) is 6.80. The number of pyridine rings is 1. The Bertz CT molecular complexity index is 775. The molecule has 4 nitrogen and oxygen atoms in total. The molecule has 0 bridgehead atoms. The summed E-state index contributed by atoms with van der Waals surface area (Å²) in [7, 11) is 1.72. The molecule has 0 unspecified atom stereocenters. The van der Waals surface area contributed by atoms with E-state index in [1.54, 1.807) is 7.11 Å². The lowest BCUT2D eigenvalue weighted by Crippen LogP contribution is -2.14. The fourth-order valence-electron chi connectivity index (χ4n) is 2.71. The maximum atomic E-state index is 5.40. The minimum atomic E-state index is 0.0195. The number of aryl methyl sites for hydroxylation is 1. The number of hydrogen-bond acceptors (Lipinski definition) is 3.